The molecule has 0 radical (unpaired) electrons. The van der Waals surface area contributed by atoms with Crippen molar-refractivity contribution < 1.29 is 15.3 Å². The zero-order chi connectivity index (χ0) is 21.5. The minimum atomic E-state index is -0.621. The molecule has 7 atom stereocenters. The average Bonchev–Trinajstić information content (AvgIpc) is 3.49. The van der Waals surface area contributed by atoms with E-state index in [2.05, 4.69) is 44.7 Å². The number of allylic oxidation sites excluding steroid dienone is 4. The van der Waals surface area contributed by atoms with E-state index in [1.807, 2.05) is 0 Å². The fraction of sp³-hybridized carbons (Fsp3) is 0.704. The van der Waals surface area contributed by atoms with E-state index in [1.165, 1.54) is 44.1 Å². The first-order chi connectivity index (χ1) is 14.3. The van der Waals surface area contributed by atoms with E-state index in [9.17, 15) is 15.3 Å². The van der Waals surface area contributed by atoms with Gasteiger partial charge in [0.25, 0.3) is 0 Å². The molecule has 3 N–H and O–H groups in total. The van der Waals surface area contributed by atoms with Crippen molar-refractivity contribution in [3.05, 3.63) is 47.6 Å². The molecule has 4 rings (SSSR count). The standard InChI is InChI=1S/C27H40O3/c1-17(6-13-25(29)20-8-9-20)23-11-12-24-19(5-4-14-27(23,24)3)7-10-21-15-22(28)16-26(30)18(21)2/h6-7,10,13,17,20,22-26,28-30H,2,4-5,8-9,11-12,14-16H2,1,3H3/b13-6+,19-7?,21-10-/t17-,22-,23-,24+,25-,26-,27-/m1/s1. The van der Waals surface area contributed by atoms with Gasteiger partial charge in [-0.1, -0.05) is 50.3 Å². The summed E-state index contributed by atoms with van der Waals surface area (Å²) in [6.07, 6.45) is 16.9. The maximum Gasteiger partial charge on any atom is 0.0811 e. The van der Waals surface area contributed by atoms with Crippen LogP contribution in [-0.4, -0.2) is 33.6 Å². The van der Waals surface area contributed by atoms with Gasteiger partial charge in [-0.05, 0) is 91.6 Å². The highest BCUT2D eigenvalue weighted by Gasteiger charge is 2.50. The normalized spacial score (nSPS) is 42.1. The summed E-state index contributed by atoms with van der Waals surface area (Å²) in [5.74, 6) is 2.28. The third kappa shape index (κ3) is 4.40. The molecule has 0 aromatic rings. The zero-order valence-corrected chi connectivity index (χ0v) is 18.8. The Kier molecular flexibility index (Phi) is 6.44. The molecule has 4 aliphatic carbocycles. The van der Waals surface area contributed by atoms with E-state index in [-0.39, 0.29) is 6.10 Å². The fourth-order valence-corrected chi connectivity index (χ4v) is 6.63. The highest BCUT2D eigenvalue weighted by Crippen LogP contribution is 2.59. The predicted molar refractivity (Wildman–Crippen MR) is 122 cm³/mol. The molecular formula is C27H40O3. The van der Waals surface area contributed by atoms with E-state index in [1.54, 1.807) is 0 Å². The van der Waals surface area contributed by atoms with Gasteiger partial charge in [0.15, 0.2) is 0 Å². The molecule has 0 amide bonds. The van der Waals surface area contributed by atoms with Crippen molar-refractivity contribution in [1.29, 1.82) is 0 Å². The van der Waals surface area contributed by atoms with Crippen LogP contribution in [0.15, 0.2) is 47.6 Å². The number of rotatable bonds is 5. The maximum atomic E-state index is 10.2. The Morgan fingerprint density at radius 3 is 2.60 bits per heavy atom. The van der Waals surface area contributed by atoms with Gasteiger partial charge in [0, 0.05) is 6.42 Å². The fourth-order valence-electron chi connectivity index (χ4n) is 6.63. The second-order valence-corrected chi connectivity index (χ2v) is 10.7. The number of aliphatic hydroxyl groups is 3. The third-order valence-electron chi connectivity index (χ3n) is 8.65. The first-order valence-electron chi connectivity index (χ1n) is 12.1. The molecule has 166 valence electrons. The van der Waals surface area contributed by atoms with Gasteiger partial charge in [-0.15, -0.1) is 0 Å². The molecule has 0 aliphatic heterocycles. The topological polar surface area (TPSA) is 60.7 Å². The zero-order valence-electron chi connectivity index (χ0n) is 18.8. The van der Waals surface area contributed by atoms with Gasteiger partial charge < -0.3 is 15.3 Å². The van der Waals surface area contributed by atoms with Gasteiger partial charge >= 0.3 is 0 Å². The van der Waals surface area contributed by atoms with Crippen LogP contribution in [0.25, 0.3) is 0 Å². The number of hydrogen-bond acceptors (Lipinski definition) is 3. The van der Waals surface area contributed by atoms with Gasteiger partial charge in [0.05, 0.1) is 18.3 Å². The van der Waals surface area contributed by atoms with E-state index in [0.29, 0.717) is 41.9 Å². The molecule has 0 heterocycles. The SMILES string of the molecule is C=C1/C(=C\C=C2CCC[C@]3(C)[C@@H]([C@H](C)/C=C/[C@@H](O)C4CC4)CC[C@@H]23)C[C@@H](O)C[C@H]1O. The van der Waals surface area contributed by atoms with E-state index in [4.69, 9.17) is 0 Å². The Morgan fingerprint density at radius 2 is 1.87 bits per heavy atom. The Balaban J connectivity index is 1.48. The molecule has 4 fully saturated rings. The van der Waals surface area contributed by atoms with Crippen molar-refractivity contribution in [2.45, 2.75) is 89.9 Å². The van der Waals surface area contributed by atoms with Crippen LogP contribution < -0.4 is 0 Å². The summed E-state index contributed by atoms with van der Waals surface area (Å²) in [4.78, 5) is 0. The number of fused-ring (bicyclic) bond motifs is 1. The van der Waals surface area contributed by atoms with Crippen molar-refractivity contribution >= 4 is 0 Å². The van der Waals surface area contributed by atoms with E-state index in [0.717, 1.165) is 17.6 Å². The maximum absolute atomic E-state index is 10.2. The Labute approximate surface area is 182 Å². The first-order valence-corrected chi connectivity index (χ1v) is 12.1. The molecule has 0 spiro atoms. The number of hydrogen-bond donors (Lipinski definition) is 3. The van der Waals surface area contributed by atoms with Crippen molar-refractivity contribution in [2.75, 3.05) is 0 Å². The molecule has 3 nitrogen and oxygen atoms in total. The van der Waals surface area contributed by atoms with Crippen molar-refractivity contribution in [2.24, 2.45) is 29.1 Å². The van der Waals surface area contributed by atoms with Crippen molar-refractivity contribution in [3.8, 4) is 0 Å². The minimum absolute atomic E-state index is 0.250. The van der Waals surface area contributed by atoms with Crippen molar-refractivity contribution in [1.82, 2.24) is 0 Å². The summed E-state index contributed by atoms with van der Waals surface area (Å²) in [6, 6.07) is 0. The summed E-state index contributed by atoms with van der Waals surface area (Å²) in [6.45, 7) is 8.88. The lowest BCUT2D eigenvalue weighted by molar-refractivity contribution is 0.0862. The molecule has 0 unspecified atom stereocenters. The highest BCUT2D eigenvalue weighted by atomic mass is 16.3. The Hall–Kier alpha value is -1.16. The lowest BCUT2D eigenvalue weighted by Crippen LogP contribution is -2.35. The van der Waals surface area contributed by atoms with Crippen LogP contribution in [0.2, 0.25) is 0 Å². The van der Waals surface area contributed by atoms with Gasteiger partial charge in [-0.3, -0.25) is 0 Å². The lowest BCUT2D eigenvalue weighted by Gasteiger charge is -2.44. The molecule has 30 heavy (non-hydrogen) atoms. The van der Waals surface area contributed by atoms with Crippen LogP contribution in [0.4, 0.5) is 0 Å². The molecular weight excluding hydrogens is 372 g/mol. The minimum Gasteiger partial charge on any atom is -0.393 e. The van der Waals surface area contributed by atoms with E-state index < -0.39 is 12.2 Å². The molecule has 0 aromatic carbocycles. The largest absolute Gasteiger partial charge is 0.393 e. The van der Waals surface area contributed by atoms with Gasteiger partial charge in [-0.2, -0.15) is 0 Å². The Bertz CT molecular complexity index is 743. The average molecular weight is 413 g/mol. The Morgan fingerprint density at radius 1 is 1.10 bits per heavy atom. The van der Waals surface area contributed by atoms with Crippen LogP contribution in [0.1, 0.15) is 71.6 Å². The van der Waals surface area contributed by atoms with Crippen LogP contribution in [0.3, 0.4) is 0 Å². The van der Waals surface area contributed by atoms with Crippen LogP contribution in [0, 0.1) is 29.1 Å². The molecule has 0 saturated heterocycles. The summed E-state index contributed by atoms with van der Waals surface area (Å²) in [5.41, 5.74) is 3.63. The van der Waals surface area contributed by atoms with E-state index >= 15 is 0 Å². The summed E-state index contributed by atoms with van der Waals surface area (Å²) in [5, 5.41) is 30.4. The molecule has 0 bridgehead atoms. The van der Waals surface area contributed by atoms with Gasteiger partial charge in [0.2, 0.25) is 0 Å². The molecule has 4 aliphatic rings. The lowest BCUT2D eigenvalue weighted by atomic mass is 9.61. The van der Waals surface area contributed by atoms with Gasteiger partial charge in [0.1, 0.15) is 0 Å². The van der Waals surface area contributed by atoms with Crippen LogP contribution >= 0.6 is 0 Å². The summed E-state index contributed by atoms with van der Waals surface area (Å²) in [7, 11) is 0. The smallest absolute Gasteiger partial charge is 0.0811 e. The summed E-state index contributed by atoms with van der Waals surface area (Å²) < 4.78 is 0. The second kappa shape index (κ2) is 8.76. The number of aliphatic hydroxyl groups excluding tert-OH is 3. The van der Waals surface area contributed by atoms with Crippen molar-refractivity contribution in [3.63, 3.8) is 0 Å². The summed E-state index contributed by atoms with van der Waals surface area (Å²) >= 11 is 0. The third-order valence-corrected chi connectivity index (χ3v) is 8.65. The molecule has 3 heteroatoms. The second-order valence-electron chi connectivity index (χ2n) is 10.7. The first kappa shape index (κ1) is 22.0. The molecule has 0 aromatic heterocycles. The van der Waals surface area contributed by atoms with Crippen LogP contribution in [-0.2, 0) is 0 Å². The predicted octanol–water partition coefficient (Wildman–Crippen LogP) is 5.09. The highest BCUT2D eigenvalue weighted by molar-refractivity contribution is 5.38. The van der Waals surface area contributed by atoms with Crippen LogP contribution in [0.5, 0.6) is 0 Å². The van der Waals surface area contributed by atoms with Gasteiger partial charge in [-0.25, -0.2) is 0 Å². The quantitative estimate of drug-likeness (QED) is 0.551. The monoisotopic (exact) mass is 412 g/mol. The molecule has 4 saturated carbocycles.